The normalized spacial score (nSPS) is 11.0. The number of pyridine rings is 1. The van der Waals surface area contributed by atoms with E-state index in [-0.39, 0.29) is 5.56 Å². The first-order chi connectivity index (χ1) is 16.7. The van der Waals surface area contributed by atoms with Crippen molar-refractivity contribution in [1.82, 2.24) is 19.5 Å². The Hall–Kier alpha value is -4.39. The van der Waals surface area contributed by atoms with Crippen molar-refractivity contribution in [2.75, 3.05) is 11.9 Å². The topological polar surface area (TPSA) is 84.8 Å². The SMILES string of the molecule is Cn1c(NCCc2c[nH]c3ccc(OCc4ccccc4)cc23)nc(-c2ccncc2)cc1=O. The summed E-state index contributed by atoms with van der Waals surface area (Å²) in [6, 6.07) is 21.4. The number of hydrogen-bond acceptors (Lipinski definition) is 5. The molecule has 7 heteroatoms. The van der Waals surface area contributed by atoms with Crippen LogP contribution < -0.4 is 15.6 Å². The Bertz CT molecular complexity index is 1460. The van der Waals surface area contributed by atoms with Crippen molar-refractivity contribution >= 4 is 16.9 Å². The predicted octanol–water partition coefficient (Wildman–Crippen LogP) is 4.56. The first kappa shape index (κ1) is 21.5. The monoisotopic (exact) mass is 451 g/mol. The van der Waals surface area contributed by atoms with Gasteiger partial charge in [-0.1, -0.05) is 30.3 Å². The zero-order valence-electron chi connectivity index (χ0n) is 18.9. The van der Waals surface area contributed by atoms with Crippen molar-refractivity contribution in [2.45, 2.75) is 13.0 Å². The van der Waals surface area contributed by atoms with Crippen LogP contribution in [0.15, 0.2) is 90.1 Å². The molecule has 7 nitrogen and oxygen atoms in total. The third kappa shape index (κ3) is 4.68. The quantitative estimate of drug-likeness (QED) is 0.361. The number of nitrogens with zero attached hydrogens (tertiary/aromatic N) is 3. The summed E-state index contributed by atoms with van der Waals surface area (Å²) in [7, 11) is 1.72. The molecular formula is C27H25N5O2. The maximum atomic E-state index is 12.5. The highest BCUT2D eigenvalue weighted by Crippen LogP contribution is 2.25. The summed E-state index contributed by atoms with van der Waals surface area (Å²) >= 11 is 0. The molecule has 0 spiro atoms. The summed E-state index contributed by atoms with van der Waals surface area (Å²) in [5.41, 5.74) is 4.73. The van der Waals surface area contributed by atoms with Crippen LogP contribution in [0.3, 0.4) is 0 Å². The fraction of sp³-hybridized carbons (Fsp3) is 0.148. The minimum Gasteiger partial charge on any atom is -0.489 e. The van der Waals surface area contributed by atoms with E-state index in [2.05, 4.69) is 38.5 Å². The lowest BCUT2D eigenvalue weighted by molar-refractivity contribution is 0.306. The van der Waals surface area contributed by atoms with Crippen molar-refractivity contribution in [3.05, 3.63) is 107 Å². The second-order valence-electron chi connectivity index (χ2n) is 8.07. The summed E-state index contributed by atoms with van der Waals surface area (Å²) in [5.74, 6) is 1.37. The molecular weight excluding hydrogens is 426 g/mol. The number of rotatable bonds is 8. The van der Waals surface area contributed by atoms with Gasteiger partial charge in [0.2, 0.25) is 5.95 Å². The lowest BCUT2D eigenvalue weighted by atomic mass is 10.1. The second-order valence-corrected chi connectivity index (χ2v) is 8.07. The molecule has 0 aliphatic heterocycles. The van der Waals surface area contributed by atoms with Crippen LogP contribution in [0.25, 0.3) is 22.2 Å². The number of anilines is 1. The van der Waals surface area contributed by atoms with E-state index >= 15 is 0 Å². The molecule has 0 saturated carbocycles. The van der Waals surface area contributed by atoms with Gasteiger partial charge in [0.15, 0.2) is 0 Å². The van der Waals surface area contributed by atoms with E-state index in [1.54, 1.807) is 19.4 Å². The predicted molar refractivity (Wildman–Crippen MR) is 134 cm³/mol. The average molecular weight is 452 g/mol. The average Bonchev–Trinajstić information content (AvgIpc) is 3.28. The van der Waals surface area contributed by atoms with Crippen molar-refractivity contribution in [1.29, 1.82) is 0 Å². The Kier molecular flexibility index (Phi) is 6.07. The van der Waals surface area contributed by atoms with E-state index in [9.17, 15) is 4.79 Å². The van der Waals surface area contributed by atoms with E-state index in [4.69, 9.17) is 4.74 Å². The number of H-pyrrole nitrogens is 1. The first-order valence-electron chi connectivity index (χ1n) is 11.2. The molecule has 0 amide bonds. The number of aromatic nitrogens is 4. The lowest BCUT2D eigenvalue weighted by Gasteiger charge is -2.11. The molecule has 3 heterocycles. The summed E-state index contributed by atoms with van der Waals surface area (Å²) < 4.78 is 7.52. The Morgan fingerprint density at radius 1 is 1.03 bits per heavy atom. The zero-order chi connectivity index (χ0) is 23.3. The molecule has 2 N–H and O–H groups in total. The highest BCUT2D eigenvalue weighted by atomic mass is 16.5. The smallest absolute Gasteiger partial charge is 0.255 e. The maximum Gasteiger partial charge on any atom is 0.255 e. The van der Waals surface area contributed by atoms with Gasteiger partial charge >= 0.3 is 0 Å². The highest BCUT2D eigenvalue weighted by Gasteiger charge is 2.09. The molecule has 0 aliphatic rings. The number of aromatic amines is 1. The maximum absolute atomic E-state index is 12.5. The van der Waals surface area contributed by atoms with Gasteiger partial charge in [0.1, 0.15) is 12.4 Å². The third-order valence-electron chi connectivity index (χ3n) is 5.78. The Labute approximate surface area is 197 Å². The van der Waals surface area contributed by atoms with E-state index in [0.29, 0.717) is 24.8 Å². The zero-order valence-corrected chi connectivity index (χ0v) is 18.9. The minimum atomic E-state index is -0.114. The van der Waals surface area contributed by atoms with Gasteiger partial charge in [-0.05, 0) is 47.9 Å². The van der Waals surface area contributed by atoms with Crippen LogP contribution >= 0.6 is 0 Å². The molecule has 2 aromatic carbocycles. The fourth-order valence-corrected chi connectivity index (χ4v) is 3.87. The van der Waals surface area contributed by atoms with Gasteiger partial charge in [0.25, 0.3) is 5.56 Å². The number of benzene rings is 2. The van der Waals surface area contributed by atoms with Gasteiger partial charge in [0, 0.05) is 54.7 Å². The summed E-state index contributed by atoms with van der Waals surface area (Å²) in [6.07, 6.45) is 6.16. The van der Waals surface area contributed by atoms with Gasteiger partial charge in [-0.25, -0.2) is 4.98 Å². The molecule has 0 unspecified atom stereocenters. The van der Waals surface area contributed by atoms with Crippen molar-refractivity contribution in [3.8, 4) is 17.0 Å². The molecule has 0 saturated heterocycles. The Balaban J connectivity index is 1.29. The summed E-state index contributed by atoms with van der Waals surface area (Å²) in [4.78, 5) is 24.5. The van der Waals surface area contributed by atoms with E-state index in [1.165, 1.54) is 16.2 Å². The van der Waals surface area contributed by atoms with Crippen molar-refractivity contribution < 1.29 is 4.74 Å². The summed E-state index contributed by atoms with van der Waals surface area (Å²) in [6.45, 7) is 1.16. The molecule has 0 fully saturated rings. The van der Waals surface area contributed by atoms with Gasteiger partial charge in [-0.2, -0.15) is 0 Å². The molecule has 0 aliphatic carbocycles. The van der Waals surface area contributed by atoms with E-state index in [1.807, 2.05) is 48.7 Å². The molecule has 34 heavy (non-hydrogen) atoms. The molecule has 0 atom stereocenters. The van der Waals surface area contributed by atoms with Crippen molar-refractivity contribution in [2.24, 2.45) is 7.05 Å². The lowest BCUT2D eigenvalue weighted by Crippen LogP contribution is -2.22. The van der Waals surface area contributed by atoms with Gasteiger partial charge < -0.3 is 15.0 Å². The number of ether oxygens (including phenoxy) is 1. The van der Waals surface area contributed by atoms with Crippen LogP contribution in [0.5, 0.6) is 5.75 Å². The van der Waals surface area contributed by atoms with Crippen LogP contribution in [0.4, 0.5) is 5.95 Å². The third-order valence-corrected chi connectivity index (χ3v) is 5.78. The molecule has 170 valence electrons. The van der Waals surface area contributed by atoms with Gasteiger partial charge in [0.05, 0.1) is 5.69 Å². The summed E-state index contributed by atoms with van der Waals surface area (Å²) in [5, 5.41) is 4.44. The molecule has 5 aromatic rings. The molecule has 0 radical (unpaired) electrons. The van der Waals surface area contributed by atoms with Crippen LogP contribution in [-0.4, -0.2) is 26.1 Å². The van der Waals surface area contributed by atoms with Crippen LogP contribution in [0.2, 0.25) is 0 Å². The Morgan fingerprint density at radius 2 is 1.85 bits per heavy atom. The minimum absolute atomic E-state index is 0.114. The largest absolute Gasteiger partial charge is 0.489 e. The molecule has 0 bridgehead atoms. The van der Waals surface area contributed by atoms with Crippen LogP contribution in [0, 0.1) is 0 Å². The number of nitrogens with one attached hydrogen (secondary N) is 2. The van der Waals surface area contributed by atoms with E-state index < -0.39 is 0 Å². The standard InChI is InChI=1S/C27H25N5O2/c1-32-26(33)16-25(20-9-12-28-13-10-20)31-27(32)29-14-11-21-17-30-24-8-7-22(15-23(21)24)34-18-19-5-3-2-4-6-19/h2-10,12-13,15-17,30H,11,14,18H2,1H3,(H,29,31). The molecule has 5 rings (SSSR count). The fourth-order valence-electron chi connectivity index (χ4n) is 3.87. The van der Waals surface area contributed by atoms with Gasteiger partial charge in [-0.15, -0.1) is 0 Å². The highest BCUT2D eigenvalue weighted by molar-refractivity contribution is 5.84. The van der Waals surface area contributed by atoms with Crippen LogP contribution in [-0.2, 0) is 20.1 Å². The Morgan fingerprint density at radius 3 is 2.68 bits per heavy atom. The first-order valence-corrected chi connectivity index (χ1v) is 11.2. The number of fused-ring (bicyclic) bond motifs is 1. The number of hydrogen-bond donors (Lipinski definition) is 2. The molecule has 3 aromatic heterocycles. The van der Waals surface area contributed by atoms with Gasteiger partial charge in [-0.3, -0.25) is 14.3 Å². The second kappa shape index (κ2) is 9.62. The van der Waals surface area contributed by atoms with Crippen LogP contribution in [0.1, 0.15) is 11.1 Å². The van der Waals surface area contributed by atoms with E-state index in [0.717, 1.165) is 34.2 Å². The van der Waals surface area contributed by atoms with Crippen molar-refractivity contribution in [3.63, 3.8) is 0 Å².